The summed E-state index contributed by atoms with van der Waals surface area (Å²) in [6.07, 6.45) is 1.77. The predicted molar refractivity (Wildman–Crippen MR) is 123 cm³/mol. The molecule has 13 heteroatoms. The first-order valence-corrected chi connectivity index (χ1v) is 11.5. The number of benzene rings is 1. The average Bonchev–Trinajstić information content (AvgIpc) is 3.05. The SMILES string of the molecule is COc1cccc(OC)c1C(=O)NC1=NC(C(=O)NCCN(C)C)=CS12OC(=O)C=CC(=O)O2. The maximum atomic E-state index is 13.2. The van der Waals surface area contributed by atoms with Crippen LogP contribution >= 0.6 is 10.6 Å². The van der Waals surface area contributed by atoms with E-state index in [0.717, 1.165) is 17.6 Å². The topological polar surface area (TPSA) is 145 Å². The quantitative estimate of drug-likeness (QED) is 0.559. The Balaban J connectivity index is 1.96. The third-order valence-electron chi connectivity index (χ3n) is 4.48. The summed E-state index contributed by atoms with van der Waals surface area (Å²) in [5.41, 5.74) is -0.156. The summed E-state index contributed by atoms with van der Waals surface area (Å²) in [5, 5.41) is 5.99. The molecule has 1 spiro atoms. The van der Waals surface area contributed by atoms with Crippen molar-refractivity contribution >= 4 is 39.5 Å². The predicted octanol–water partition coefficient (Wildman–Crippen LogP) is 0.613. The summed E-state index contributed by atoms with van der Waals surface area (Å²) in [5.74, 6) is -2.74. The number of likely N-dealkylation sites (N-methyl/N-ethyl adjacent to an activating group) is 1. The van der Waals surface area contributed by atoms with Gasteiger partial charge in [0.1, 0.15) is 22.8 Å². The smallest absolute Gasteiger partial charge is 0.354 e. The summed E-state index contributed by atoms with van der Waals surface area (Å²) in [6.45, 7) is 0.869. The molecule has 34 heavy (non-hydrogen) atoms. The van der Waals surface area contributed by atoms with Gasteiger partial charge in [-0.1, -0.05) is 6.07 Å². The van der Waals surface area contributed by atoms with E-state index in [0.29, 0.717) is 13.1 Å². The van der Waals surface area contributed by atoms with Crippen molar-refractivity contribution in [2.45, 2.75) is 0 Å². The lowest BCUT2D eigenvalue weighted by molar-refractivity contribution is -0.129. The molecule has 0 atom stereocenters. The Morgan fingerprint density at radius 2 is 1.62 bits per heavy atom. The molecule has 182 valence electrons. The summed E-state index contributed by atoms with van der Waals surface area (Å²) in [7, 11) is 3.07. The van der Waals surface area contributed by atoms with Crippen LogP contribution < -0.4 is 20.1 Å². The van der Waals surface area contributed by atoms with Crippen molar-refractivity contribution < 1.29 is 37.0 Å². The van der Waals surface area contributed by atoms with E-state index in [1.54, 1.807) is 18.2 Å². The molecule has 0 radical (unpaired) electrons. The number of nitrogens with zero attached hydrogens (tertiary/aromatic N) is 2. The number of ether oxygens (including phenoxy) is 2. The standard InChI is InChI=1S/C21H24N4O8S/c1-25(2)11-10-22-19(28)13-12-34(32-16(26)8-9-17(27)33-34)21(23-13)24-20(29)18-14(30-3)6-5-7-15(18)31-4/h5-9,12H,10-11H2,1-4H3,(H,22,28)(H,23,24,29). The van der Waals surface area contributed by atoms with Crippen molar-refractivity contribution in [2.75, 3.05) is 41.4 Å². The second-order valence-corrected chi connectivity index (χ2v) is 9.20. The van der Waals surface area contributed by atoms with Crippen molar-refractivity contribution in [3.05, 3.63) is 47.0 Å². The number of hydrogen-bond donors (Lipinski definition) is 2. The third-order valence-corrected chi connectivity index (χ3v) is 6.57. The van der Waals surface area contributed by atoms with E-state index >= 15 is 0 Å². The molecule has 2 aliphatic heterocycles. The molecule has 0 aromatic heterocycles. The van der Waals surface area contributed by atoms with Crippen molar-refractivity contribution in [3.63, 3.8) is 0 Å². The lowest BCUT2D eigenvalue weighted by atomic mass is 10.1. The van der Waals surface area contributed by atoms with Crippen LogP contribution in [0.2, 0.25) is 0 Å². The van der Waals surface area contributed by atoms with Gasteiger partial charge in [0.05, 0.1) is 19.6 Å². The maximum absolute atomic E-state index is 13.2. The number of nitrogens with one attached hydrogen (secondary N) is 2. The minimum atomic E-state index is -3.37. The van der Waals surface area contributed by atoms with Gasteiger partial charge in [-0.3, -0.25) is 14.9 Å². The van der Waals surface area contributed by atoms with E-state index in [2.05, 4.69) is 15.6 Å². The van der Waals surface area contributed by atoms with Crippen molar-refractivity contribution in [2.24, 2.45) is 4.99 Å². The molecule has 0 fully saturated rings. The van der Waals surface area contributed by atoms with Gasteiger partial charge in [0.25, 0.3) is 11.8 Å². The van der Waals surface area contributed by atoms with Crippen LogP contribution in [0.15, 0.2) is 46.4 Å². The molecule has 0 saturated heterocycles. The monoisotopic (exact) mass is 492 g/mol. The molecule has 0 saturated carbocycles. The van der Waals surface area contributed by atoms with Crippen LogP contribution in [-0.2, 0) is 22.7 Å². The molecule has 0 unspecified atom stereocenters. The van der Waals surface area contributed by atoms with Crippen molar-refractivity contribution in [3.8, 4) is 11.5 Å². The molecule has 2 amide bonds. The molecule has 2 heterocycles. The van der Waals surface area contributed by atoms with Gasteiger partial charge in [0, 0.05) is 25.2 Å². The second-order valence-electron chi connectivity index (χ2n) is 7.15. The normalized spacial score (nSPS) is 17.2. The number of carbonyl (C=O) groups is 4. The highest BCUT2D eigenvalue weighted by Gasteiger charge is 2.42. The number of hydrogen-bond acceptors (Lipinski definition) is 10. The summed E-state index contributed by atoms with van der Waals surface area (Å²) in [4.78, 5) is 56.2. The second kappa shape index (κ2) is 10.4. The molecule has 1 aromatic rings. The van der Waals surface area contributed by atoms with Crippen LogP contribution in [-0.4, -0.2) is 75.2 Å². The summed E-state index contributed by atoms with van der Waals surface area (Å²) < 4.78 is 21.2. The van der Waals surface area contributed by atoms with E-state index in [1.165, 1.54) is 14.2 Å². The van der Waals surface area contributed by atoms with Gasteiger partial charge in [0.15, 0.2) is 0 Å². The first-order valence-electron chi connectivity index (χ1n) is 9.93. The molecular weight excluding hydrogens is 468 g/mol. The first-order chi connectivity index (χ1) is 16.2. The number of aliphatic imine (C=N–C) groups is 1. The largest absolute Gasteiger partial charge is 0.496 e. The van der Waals surface area contributed by atoms with Crippen LogP contribution in [0, 0.1) is 0 Å². The van der Waals surface area contributed by atoms with Crippen LogP contribution in [0.25, 0.3) is 0 Å². The molecule has 0 aliphatic carbocycles. The van der Waals surface area contributed by atoms with Gasteiger partial charge >= 0.3 is 11.9 Å². The minimum absolute atomic E-state index is 0.0260. The lowest BCUT2D eigenvalue weighted by Gasteiger charge is -2.34. The fourth-order valence-electron chi connectivity index (χ4n) is 2.90. The highest BCUT2D eigenvalue weighted by Crippen LogP contribution is 2.58. The lowest BCUT2D eigenvalue weighted by Crippen LogP contribution is -2.35. The van der Waals surface area contributed by atoms with Crippen LogP contribution in [0.3, 0.4) is 0 Å². The fraction of sp³-hybridized carbons (Fsp3) is 0.286. The zero-order valence-corrected chi connectivity index (χ0v) is 19.8. The fourth-order valence-corrected chi connectivity index (χ4v) is 4.82. The van der Waals surface area contributed by atoms with E-state index in [1.807, 2.05) is 19.0 Å². The third kappa shape index (κ3) is 5.38. The average molecular weight is 493 g/mol. The highest BCUT2D eigenvalue weighted by molar-refractivity contribution is 8.41. The zero-order valence-electron chi connectivity index (χ0n) is 18.9. The summed E-state index contributed by atoms with van der Waals surface area (Å²) in [6, 6.07) is 4.73. The Morgan fingerprint density at radius 3 is 2.15 bits per heavy atom. The molecular formula is C21H24N4O8S. The number of amides is 2. The van der Waals surface area contributed by atoms with Crippen LogP contribution in [0.1, 0.15) is 10.4 Å². The Hall–Kier alpha value is -3.84. The van der Waals surface area contributed by atoms with E-state index in [9.17, 15) is 19.2 Å². The molecule has 1 aromatic carbocycles. The molecule has 2 aliphatic rings. The Morgan fingerprint density at radius 1 is 1.03 bits per heavy atom. The van der Waals surface area contributed by atoms with Gasteiger partial charge in [-0.05, 0) is 36.8 Å². The van der Waals surface area contributed by atoms with Gasteiger partial charge in [-0.25, -0.2) is 14.6 Å². The zero-order chi connectivity index (χ0) is 24.9. The highest BCUT2D eigenvalue weighted by atomic mass is 32.3. The van der Waals surface area contributed by atoms with E-state index in [4.69, 9.17) is 17.8 Å². The van der Waals surface area contributed by atoms with E-state index < -0.39 is 34.3 Å². The first kappa shape index (κ1) is 24.8. The number of rotatable bonds is 7. The van der Waals surface area contributed by atoms with Gasteiger partial charge < -0.3 is 28.1 Å². The maximum Gasteiger partial charge on any atom is 0.354 e. The molecule has 2 N–H and O–H groups in total. The Labute approximate surface area is 197 Å². The Bertz CT molecular complexity index is 1070. The minimum Gasteiger partial charge on any atom is -0.496 e. The molecule has 12 nitrogen and oxygen atoms in total. The van der Waals surface area contributed by atoms with Crippen LogP contribution in [0.5, 0.6) is 11.5 Å². The van der Waals surface area contributed by atoms with Crippen molar-refractivity contribution in [1.82, 2.24) is 15.5 Å². The van der Waals surface area contributed by atoms with E-state index in [-0.39, 0.29) is 27.9 Å². The van der Waals surface area contributed by atoms with Gasteiger partial charge in [-0.15, -0.1) is 0 Å². The molecule has 3 rings (SSSR count). The van der Waals surface area contributed by atoms with Gasteiger partial charge in [0.2, 0.25) is 5.17 Å². The van der Waals surface area contributed by atoms with Crippen molar-refractivity contribution in [1.29, 1.82) is 0 Å². The number of amidine groups is 1. The number of methoxy groups -OCH3 is 2. The Kier molecular flexibility index (Phi) is 7.58. The molecule has 0 bridgehead atoms. The summed E-state index contributed by atoms with van der Waals surface area (Å²) >= 11 is 0. The number of carbonyl (C=O) groups excluding carboxylic acids is 4. The van der Waals surface area contributed by atoms with Gasteiger partial charge in [-0.2, -0.15) is 0 Å². The van der Waals surface area contributed by atoms with Crippen LogP contribution in [0.4, 0.5) is 0 Å².